The number of piperazine rings is 1. The van der Waals surface area contributed by atoms with E-state index >= 15 is 0 Å². The Morgan fingerprint density at radius 1 is 1.18 bits per heavy atom. The zero-order valence-electron chi connectivity index (χ0n) is 22.1. The van der Waals surface area contributed by atoms with Gasteiger partial charge in [0.2, 0.25) is 0 Å². The Bertz CT molecular complexity index is 1380. The highest BCUT2D eigenvalue weighted by Gasteiger charge is 2.34. The largest absolute Gasteiger partial charge is 0.465 e. The second-order valence-electron chi connectivity index (χ2n) is 10.00. The number of nitrogens with one attached hydrogen (secondary N) is 2. The van der Waals surface area contributed by atoms with Crippen molar-refractivity contribution in [1.82, 2.24) is 19.8 Å². The second-order valence-corrected chi connectivity index (χ2v) is 10.4. The molecule has 1 amide bonds. The van der Waals surface area contributed by atoms with Crippen molar-refractivity contribution in [3.8, 4) is 11.3 Å². The van der Waals surface area contributed by atoms with E-state index in [1.165, 1.54) is 11.0 Å². The van der Waals surface area contributed by atoms with Crippen molar-refractivity contribution in [3.63, 3.8) is 0 Å². The maximum atomic E-state index is 14.8. The summed E-state index contributed by atoms with van der Waals surface area (Å²) in [6, 6.07) is 9.24. The van der Waals surface area contributed by atoms with Gasteiger partial charge in [-0.05, 0) is 56.5 Å². The molecule has 3 aromatic rings. The second kappa shape index (κ2) is 10.9. The van der Waals surface area contributed by atoms with E-state index in [0.29, 0.717) is 17.9 Å². The molecule has 1 aromatic carbocycles. The van der Waals surface area contributed by atoms with Crippen LogP contribution in [0.5, 0.6) is 0 Å². The van der Waals surface area contributed by atoms with Gasteiger partial charge in [0.05, 0.1) is 27.7 Å². The van der Waals surface area contributed by atoms with Gasteiger partial charge in [0.15, 0.2) is 0 Å². The molecule has 200 valence electrons. The first kappa shape index (κ1) is 27.3. The van der Waals surface area contributed by atoms with E-state index in [1.807, 2.05) is 45.6 Å². The number of pyridine rings is 2. The standard InChI is InChI=1S/C28H32ClFN6O2/c1-15(2)23-24(16(3)10-11-32-23)33-27-20(12-21(29)25(34-27)19-8-6-7-9-22(19)30)26(31)35-13-18(5)36(28(37)38)14-17(35)4/h6-12,15,17-18,31H,13-14H2,1-5H3,(H,33,34)(H,37,38)/t17-,18+/m0/s1. The number of nitrogens with zero attached hydrogens (tertiary/aromatic N) is 4. The van der Waals surface area contributed by atoms with Crippen LogP contribution >= 0.6 is 11.6 Å². The Labute approximate surface area is 227 Å². The summed E-state index contributed by atoms with van der Waals surface area (Å²) >= 11 is 6.67. The van der Waals surface area contributed by atoms with Crippen molar-refractivity contribution < 1.29 is 14.3 Å². The van der Waals surface area contributed by atoms with Crippen LogP contribution in [0.25, 0.3) is 11.3 Å². The molecule has 8 nitrogen and oxygen atoms in total. The molecule has 0 bridgehead atoms. The maximum absolute atomic E-state index is 14.8. The number of hydrogen-bond donors (Lipinski definition) is 3. The summed E-state index contributed by atoms with van der Waals surface area (Å²) in [7, 11) is 0. The number of amidine groups is 1. The molecule has 10 heteroatoms. The van der Waals surface area contributed by atoms with Crippen LogP contribution in [-0.2, 0) is 0 Å². The summed E-state index contributed by atoms with van der Waals surface area (Å²) in [5.74, 6) is 0.155. The lowest BCUT2D eigenvalue weighted by Gasteiger charge is -2.44. The smallest absolute Gasteiger partial charge is 0.407 e. The summed E-state index contributed by atoms with van der Waals surface area (Å²) in [6.07, 6.45) is 0.772. The van der Waals surface area contributed by atoms with Gasteiger partial charge in [0.1, 0.15) is 17.5 Å². The Hall–Kier alpha value is -3.72. The van der Waals surface area contributed by atoms with E-state index in [0.717, 1.165) is 16.9 Å². The van der Waals surface area contributed by atoms with Crippen LogP contribution in [0, 0.1) is 18.2 Å². The minimum absolute atomic E-state index is 0.114. The van der Waals surface area contributed by atoms with E-state index < -0.39 is 11.9 Å². The minimum Gasteiger partial charge on any atom is -0.465 e. The molecule has 2 aromatic heterocycles. The Kier molecular flexibility index (Phi) is 7.87. The number of carbonyl (C=O) groups is 1. The van der Waals surface area contributed by atoms with Gasteiger partial charge in [-0.3, -0.25) is 10.4 Å². The van der Waals surface area contributed by atoms with Gasteiger partial charge >= 0.3 is 6.09 Å². The first-order valence-corrected chi connectivity index (χ1v) is 12.9. The van der Waals surface area contributed by atoms with Crippen molar-refractivity contribution in [3.05, 3.63) is 70.3 Å². The molecular formula is C28H32ClFN6O2. The maximum Gasteiger partial charge on any atom is 0.407 e. The third-order valence-corrected chi connectivity index (χ3v) is 7.15. The lowest BCUT2D eigenvalue weighted by atomic mass is 10.0. The minimum atomic E-state index is -0.981. The van der Waals surface area contributed by atoms with Crippen molar-refractivity contribution >= 4 is 35.0 Å². The van der Waals surface area contributed by atoms with Gasteiger partial charge in [-0.1, -0.05) is 37.6 Å². The molecule has 2 atom stereocenters. The van der Waals surface area contributed by atoms with E-state index in [9.17, 15) is 14.3 Å². The van der Waals surface area contributed by atoms with Crippen molar-refractivity contribution in [2.75, 3.05) is 18.4 Å². The predicted octanol–water partition coefficient (Wildman–Crippen LogP) is 6.51. The first-order valence-electron chi connectivity index (χ1n) is 12.5. The molecule has 0 radical (unpaired) electrons. The lowest BCUT2D eigenvalue weighted by Crippen LogP contribution is -2.59. The van der Waals surface area contributed by atoms with Gasteiger partial charge in [-0.2, -0.15) is 0 Å². The molecule has 1 aliphatic heterocycles. The van der Waals surface area contributed by atoms with E-state index in [1.54, 1.807) is 30.5 Å². The number of carboxylic acid groups (broad SMARTS) is 1. The molecule has 1 saturated heterocycles. The van der Waals surface area contributed by atoms with Crippen LogP contribution in [0.3, 0.4) is 0 Å². The number of benzene rings is 1. The van der Waals surface area contributed by atoms with Gasteiger partial charge < -0.3 is 20.2 Å². The molecule has 3 heterocycles. The zero-order chi connectivity index (χ0) is 27.7. The van der Waals surface area contributed by atoms with Gasteiger partial charge in [-0.15, -0.1) is 0 Å². The van der Waals surface area contributed by atoms with Crippen LogP contribution in [0.1, 0.15) is 50.4 Å². The average molecular weight is 539 g/mol. The number of aryl methyl sites for hydroxylation is 1. The number of anilines is 2. The number of aromatic nitrogens is 2. The third-order valence-electron chi connectivity index (χ3n) is 6.86. The molecule has 0 aliphatic carbocycles. The summed E-state index contributed by atoms with van der Waals surface area (Å²) in [6.45, 7) is 10.3. The van der Waals surface area contributed by atoms with Crippen LogP contribution in [0.15, 0.2) is 42.6 Å². The van der Waals surface area contributed by atoms with Gasteiger partial charge in [0, 0.05) is 36.9 Å². The molecular weight excluding hydrogens is 507 g/mol. The fourth-order valence-corrected chi connectivity index (χ4v) is 5.02. The van der Waals surface area contributed by atoms with Gasteiger partial charge in [0.25, 0.3) is 0 Å². The normalized spacial score (nSPS) is 17.6. The van der Waals surface area contributed by atoms with E-state index in [4.69, 9.17) is 22.0 Å². The highest BCUT2D eigenvalue weighted by molar-refractivity contribution is 6.33. The zero-order valence-corrected chi connectivity index (χ0v) is 22.8. The fourth-order valence-electron chi connectivity index (χ4n) is 4.76. The summed E-state index contributed by atoms with van der Waals surface area (Å²) in [5, 5.41) is 22.3. The molecule has 0 unspecified atom stereocenters. The Morgan fingerprint density at radius 3 is 2.50 bits per heavy atom. The quantitative estimate of drug-likeness (QED) is 0.252. The predicted molar refractivity (Wildman–Crippen MR) is 148 cm³/mol. The lowest BCUT2D eigenvalue weighted by molar-refractivity contribution is 0.0747. The van der Waals surface area contributed by atoms with Crippen molar-refractivity contribution in [2.24, 2.45) is 0 Å². The Morgan fingerprint density at radius 2 is 1.84 bits per heavy atom. The molecule has 4 rings (SSSR count). The number of amides is 1. The summed E-state index contributed by atoms with van der Waals surface area (Å²) < 4.78 is 14.8. The van der Waals surface area contributed by atoms with E-state index in [2.05, 4.69) is 10.3 Å². The third kappa shape index (κ3) is 5.29. The molecule has 1 aliphatic rings. The van der Waals surface area contributed by atoms with Crippen molar-refractivity contribution in [1.29, 1.82) is 5.41 Å². The molecule has 0 saturated carbocycles. The monoisotopic (exact) mass is 538 g/mol. The average Bonchev–Trinajstić information content (AvgIpc) is 2.86. The van der Waals surface area contributed by atoms with Crippen LogP contribution < -0.4 is 5.32 Å². The van der Waals surface area contributed by atoms with Gasteiger partial charge in [-0.25, -0.2) is 14.2 Å². The molecule has 3 N–H and O–H groups in total. The highest BCUT2D eigenvalue weighted by Crippen LogP contribution is 2.36. The molecule has 1 fully saturated rings. The van der Waals surface area contributed by atoms with Crippen molar-refractivity contribution in [2.45, 2.75) is 52.6 Å². The first-order chi connectivity index (χ1) is 18.0. The summed E-state index contributed by atoms with van der Waals surface area (Å²) in [4.78, 5) is 24.2. The topological polar surface area (TPSA) is 105 Å². The van der Waals surface area contributed by atoms with Crippen LogP contribution in [-0.4, -0.2) is 62.0 Å². The number of hydrogen-bond acceptors (Lipinski definition) is 5. The Balaban J connectivity index is 1.84. The van der Waals surface area contributed by atoms with E-state index in [-0.39, 0.29) is 46.7 Å². The highest BCUT2D eigenvalue weighted by atomic mass is 35.5. The summed E-state index contributed by atoms with van der Waals surface area (Å²) in [5.41, 5.74) is 3.49. The number of halogens is 2. The van der Waals surface area contributed by atoms with Crippen LogP contribution in [0.2, 0.25) is 5.02 Å². The molecule has 38 heavy (non-hydrogen) atoms. The fraction of sp³-hybridized carbons (Fsp3) is 0.357. The number of rotatable bonds is 5. The molecule has 0 spiro atoms. The SMILES string of the molecule is Cc1ccnc(C(C)C)c1Nc1nc(-c2ccccc2F)c(Cl)cc1C(=N)N1C[C@@H](C)N(C(=O)O)C[C@@H]1C. The van der Waals surface area contributed by atoms with Crippen LogP contribution in [0.4, 0.5) is 20.7 Å².